The van der Waals surface area contributed by atoms with Crippen LogP contribution in [-0.2, 0) is 4.79 Å². The summed E-state index contributed by atoms with van der Waals surface area (Å²) in [5.74, 6) is -1.47. The van der Waals surface area contributed by atoms with E-state index in [1.54, 1.807) is 24.3 Å². The summed E-state index contributed by atoms with van der Waals surface area (Å²) in [5.41, 5.74) is 0.570. The summed E-state index contributed by atoms with van der Waals surface area (Å²) in [6.07, 6.45) is 0. The van der Waals surface area contributed by atoms with Crippen molar-refractivity contribution in [1.29, 1.82) is 5.26 Å². The number of para-hydroxylation sites is 1. The van der Waals surface area contributed by atoms with E-state index < -0.39 is 29.1 Å². The number of aliphatic carboxylic acids is 1. The number of carbonyl (C=O) groups is 1. The van der Waals surface area contributed by atoms with Crippen LogP contribution in [-0.4, -0.2) is 11.1 Å². The molecule has 2 aromatic rings. The van der Waals surface area contributed by atoms with Gasteiger partial charge in [0, 0.05) is 5.92 Å². The third kappa shape index (κ3) is 3.87. The van der Waals surface area contributed by atoms with Crippen LogP contribution in [0.2, 0.25) is 0 Å². The highest BCUT2D eigenvalue weighted by molar-refractivity contribution is 6.56. The van der Waals surface area contributed by atoms with Crippen molar-refractivity contribution in [2.24, 2.45) is 17.3 Å². The first-order chi connectivity index (χ1) is 13.3. The number of benzene rings is 2. The van der Waals surface area contributed by atoms with E-state index in [9.17, 15) is 15.2 Å². The standard InChI is InChI=1S/C22H19Cl2NO3/c1-22(2)18(19(22)21(26)27)17(20(23)24)16(12-25)13-7-6-10-15(11-13)28-14-8-4-3-5-9-14/h3-11,16,18-19H,1-2H3,(H,26,27)/t16-,18?,19?/m1/s1. The Balaban J connectivity index is 1.95. The molecule has 0 saturated heterocycles. The maximum absolute atomic E-state index is 11.6. The molecular formula is C22H19Cl2NO3. The monoisotopic (exact) mass is 415 g/mol. The Morgan fingerprint density at radius 1 is 1.11 bits per heavy atom. The molecule has 1 fully saturated rings. The molecule has 1 N–H and O–H groups in total. The van der Waals surface area contributed by atoms with E-state index in [1.807, 2.05) is 44.2 Å². The van der Waals surface area contributed by atoms with Gasteiger partial charge in [0.05, 0.1) is 17.9 Å². The van der Waals surface area contributed by atoms with E-state index in [0.717, 1.165) is 0 Å². The number of carboxylic acid groups (broad SMARTS) is 1. The normalized spacial score (nSPS) is 20.5. The molecular weight excluding hydrogens is 397 g/mol. The second-order valence-corrected chi connectivity index (χ2v) is 8.33. The maximum atomic E-state index is 11.6. The molecule has 0 amide bonds. The number of rotatable bonds is 6. The fourth-order valence-corrected chi connectivity index (χ4v) is 4.24. The first-order valence-corrected chi connectivity index (χ1v) is 9.53. The van der Waals surface area contributed by atoms with Crippen LogP contribution >= 0.6 is 23.2 Å². The predicted molar refractivity (Wildman–Crippen MR) is 108 cm³/mol. The molecule has 3 atom stereocenters. The Bertz CT molecular complexity index is 959. The van der Waals surface area contributed by atoms with Gasteiger partial charge in [-0.25, -0.2) is 0 Å². The number of nitriles is 1. The van der Waals surface area contributed by atoms with Crippen LogP contribution in [0.15, 0.2) is 64.7 Å². The minimum atomic E-state index is -0.917. The molecule has 144 valence electrons. The fraction of sp³-hybridized carbons (Fsp3) is 0.273. The molecule has 1 saturated carbocycles. The minimum Gasteiger partial charge on any atom is -0.481 e. The van der Waals surface area contributed by atoms with Crippen molar-refractivity contribution < 1.29 is 14.6 Å². The molecule has 2 aromatic carbocycles. The van der Waals surface area contributed by atoms with Crippen molar-refractivity contribution in [3.8, 4) is 17.6 Å². The van der Waals surface area contributed by atoms with Crippen LogP contribution in [0.1, 0.15) is 25.3 Å². The molecule has 0 spiro atoms. The maximum Gasteiger partial charge on any atom is 0.307 e. The lowest BCUT2D eigenvalue weighted by Crippen LogP contribution is -2.08. The Kier molecular flexibility index (Phi) is 5.69. The lowest BCUT2D eigenvalue weighted by molar-refractivity contribution is -0.139. The third-order valence-electron chi connectivity index (χ3n) is 5.26. The van der Waals surface area contributed by atoms with Crippen molar-refractivity contribution in [2.45, 2.75) is 19.8 Å². The smallest absolute Gasteiger partial charge is 0.307 e. The number of nitrogens with zero attached hydrogens (tertiary/aromatic N) is 1. The number of halogens is 2. The quantitative estimate of drug-likeness (QED) is 0.615. The second-order valence-electron chi connectivity index (χ2n) is 7.38. The SMILES string of the molecule is CC1(C)C(C(=O)O)C1C(=C(Cl)Cl)[C@H](C#N)c1cccc(Oc2ccccc2)c1. The van der Waals surface area contributed by atoms with Gasteiger partial charge < -0.3 is 9.84 Å². The largest absolute Gasteiger partial charge is 0.481 e. The minimum absolute atomic E-state index is 0.0530. The van der Waals surface area contributed by atoms with E-state index in [4.69, 9.17) is 27.9 Å². The number of ether oxygens (including phenoxy) is 1. The Labute approximate surface area is 174 Å². The molecule has 6 heteroatoms. The molecule has 4 nitrogen and oxygen atoms in total. The first kappa shape index (κ1) is 20.3. The summed E-state index contributed by atoms with van der Waals surface area (Å²) >= 11 is 12.3. The summed E-state index contributed by atoms with van der Waals surface area (Å²) in [7, 11) is 0. The van der Waals surface area contributed by atoms with Gasteiger partial charge in [-0.3, -0.25) is 4.79 Å². The van der Waals surface area contributed by atoms with Gasteiger partial charge in [0.2, 0.25) is 0 Å². The zero-order valence-corrected chi connectivity index (χ0v) is 16.9. The molecule has 0 heterocycles. The lowest BCUT2D eigenvalue weighted by Gasteiger charge is -2.17. The fourth-order valence-electron chi connectivity index (χ4n) is 3.79. The van der Waals surface area contributed by atoms with Crippen molar-refractivity contribution in [1.82, 2.24) is 0 Å². The first-order valence-electron chi connectivity index (χ1n) is 8.77. The van der Waals surface area contributed by atoms with Gasteiger partial charge in [0.25, 0.3) is 0 Å². The van der Waals surface area contributed by atoms with Crippen LogP contribution in [0.5, 0.6) is 11.5 Å². The topological polar surface area (TPSA) is 70.3 Å². The van der Waals surface area contributed by atoms with E-state index in [-0.39, 0.29) is 4.49 Å². The second kappa shape index (κ2) is 7.87. The number of hydrogen-bond donors (Lipinski definition) is 1. The van der Waals surface area contributed by atoms with Gasteiger partial charge in [0.15, 0.2) is 0 Å². The summed E-state index contributed by atoms with van der Waals surface area (Å²) in [6.45, 7) is 3.69. The Morgan fingerprint density at radius 3 is 2.29 bits per heavy atom. The summed E-state index contributed by atoms with van der Waals surface area (Å²) < 4.78 is 5.79. The van der Waals surface area contributed by atoms with Gasteiger partial charge in [-0.15, -0.1) is 0 Å². The molecule has 3 rings (SSSR count). The number of hydrogen-bond acceptors (Lipinski definition) is 3. The van der Waals surface area contributed by atoms with Crippen LogP contribution in [0.4, 0.5) is 0 Å². The van der Waals surface area contributed by atoms with Gasteiger partial charge in [0.1, 0.15) is 16.0 Å². The number of allylic oxidation sites excluding steroid dienone is 1. The molecule has 0 bridgehead atoms. The van der Waals surface area contributed by atoms with Gasteiger partial charge in [-0.1, -0.05) is 67.4 Å². The van der Waals surface area contributed by atoms with Gasteiger partial charge >= 0.3 is 5.97 Å². The van der Waals surface area contributed by atoms with Crippen molar-refractivity contribution >= 4 is 29.2 Å². The van der Waals surface area contributed by atoms with E-state index in [2.05, 4.69) is 6.07 Å². The highest BCUT2D eigenvalue weighted by Crippen LogP contribution is 2.64. The zero-order valence-electron chi connectivity index (χ0n) is 15.4. The van der Waals surface area contributed by atoms with Crippen LogP contribution in [0.3, 0.4) is 0 Å². The average Bonchev–Trinajstić information content (AvgIpc) is 3.21. The molecule has 1 aliphatic carbocycles. The van der Waals surface area contributed by atoms with Crippen molar-refractivity contribution in [3.05, 3.63) is 70.2 Å². The van der Waals surface area contributed by atoms with E-state index in [1.165, 1.54) is 0 Å². The van der Waals surface area contributed by atoms with Crippen LogP contribution in [0.25, 0.3) is 0 Å². The third-order valence-corrected chi connectivity index (χ3v) is 5.69. The molecule has 0 radical (unpaired) electrons. The molecule has 28 heavy (non-hydrogen) atoms. The van der Waals surface area contributed by atoms with Crippen LogP contribution < -0.4 is 4.74 Å². The average molecular weight is 416 g/mol. The molecule has 0 aromatic heterocycles. The Hall–Kier alpha value is -2.48. The van der Waals surface area contributed by atoms with E-state index in [0.29, 0.717) is 22.6 Å². The molecule has 0 aliphatic heterocycles. The van der Waals surface area contributed by atoms with E-state index >= 15 is 0 Å². The predicted octanol–water partition coefficient (Wildman–Crippen LogP) is 6.13. The highest BCUT2D eigenvalue weighted by Gasteiger charge is 2.64. The summed E-state index contributed by atoms with van der Waals surface area (Å²) in [6, 6.07) is 18.6. The van der Waals surface area contributed by atoms with Crippen molar-refractivity contribution in [2.75, 3.05) is 0 Å². The van der Waals surface area contributed by atoms with Crippen LogP contribution in [0, 0.1) is 28.6 Å². The number of carboxylic acids is 1. The molecule has 1 aliphatic rings. The zero-order chi connectivity index (χ0) is 20.5. The van der Waals surface area contributed by atoms with Crippen molar-refractivity contribution in [3.63, 3.8) is 0 Å². The van der Waals surface area contributed by atoms with Gasteiger partial charge in [-0.2, -0.15) is 5.26 Å². The summed E-state index contributed by atoms with van der Waals surface area (Å²) in [5, 5.41) is 19.4. The Morgan fingerprint density at radius 2 is 1.75 bits per heavy atom. The highest BCUT2D eigenvalue weighted by atomic mass is 35.5. The summed E-state index contributed by atoms with van der Waals surface area (Å²) in [4.78, 5) is 11.6. The molecule has 2 unspecified atom stereocenters. The van der Waals surface area contributed by atoms with Gasteiger partial charge in [-0.05, 0) is 40.8 Å². The lowest BCUT2D eigenvalue weighted by atomic mass is 9.87.